The molecule has 2 aromatic rings. The van der Waals surface area contributed by atoms with Gasteiger partial charge in [-0.05, 0) is 62.8 Å². The standard InChI is InChI=1S/C24H32N4OS/c1-7-9-11-16(3)30-17(4)15-27-21-14-22(28-23(18(21)5)19(6)25)20-12-10-13-26-24(20)29-8-2/h10-14,25H,4,7-9,15H2,1-3,5-6H3,(H,27,28)/b16-11-,25-19?. The second kappa shape index (κ2) is 11.6. The second-order valence-electron chi connectivity index (χ2n) is 7.04. The number of hydrogen-bond donors (Lipinski definition) is 2. The largest absolute Gasteiger partial charge is 0.477 e. The van der Waals surface area contributed by atoms with Crippen LogP contribution in [0.5, 0.6) is 5.88 Å². The maximum Gasteiger partial charge on any atom is 0.222 e. The van der Waals surface area contributed by atoms with Gasteiger partial charge in [-0.25, -0.2) is 9.97 Å². The molecule has 0 spiro atoms. The molecule has 0 fully saturated rings. The molecule has 6 heteroatoms. The Morgan fingerprint density at radius 1 is 1.33 bits per heavy atom. The monoisotopic (exact) mass is 424 g/mol. The van der Waals surface area contributed by atoms with Crippen LogP contribution in [-0.2, 0) is 0 Å². The minimum atomic E-state index is 0.422. The molecule has 0 atom stereocenters. The van der Waals surface area contributed by atoms with Crippen LogP contribution in [0.2, 0.25) is 0 Å². The highest BCUT2D eigenvalue weighted by molar-refractivity contribution is 8.06. The van der Waals surface area contributed by atoms with E-state index >= 15 is 0 Å². The van der Waals surface area contributed by atoms with E-state index in [-0.39, 0.29) is 0 Å². The zero-order chi connectivity index (χ0) is 22.1. The fraction of sp³-hybridized carbons (Fsp3) is 0.375. The summed E-state index contributed by atoms with van der Waals surface area (Å²) in [7, 11) is 0. The summed E-state index contributed by atoms with van der Waals surface area (Å²) in [5.74, 6) is 0.549. The number of rotatable bonds is 11. The topological polar surface area (TPSA) is 70.9 Å². The highest BCUT2D eigenvalue weighted by atomic mass is 32.2. The normalized spacial score (nSPS) is 11.3. The Morgan fingerprint density at radius 3 is 2.77 bits per heavy atom. The number of nitrogens with one attached hydrogen (secondary N) is 2. The van der Waals surface area contributed by atoms with Gasteiger partial charge in [-0.1, -0.05) is 37.8 Å². The summed E-state index contributed by atoms with van der Waals surface area (Å²) in [6, 6.07) is 5.81. The zero-order valence-electron chi connectivity index (χ0n) is 18.6. The van der Waals surface area contributed by atoms with Gasteiger partial charge in [0.2, 0.25) is 5.88 Å². The van der Waals surface area contributed by atoms with Crippen molar-refractivity contribution in [1.82, 2.24) is 9.97 Å². The van der Waals surface area contributed by atoms with Crippen molar-refractivity contribution in [1.29, 1.82) is 5.41 Å². The van der Waals surface area contributed by atoms with Crippen LogP contribution in [0.4, 0.5) is 5.69 Å². The lowest BCUT2D eigenvalue weighted by atomic mass is 10.1. The Hall–Kier alpha value is -2.60. The van der Waals surface area contributed by atoms with Crippen molar-refractivity contribution in [2.75, 3.05) is 18.5 Å². The van der Waals surface area contributed by atoms with E-state index < -0.39 is 0 Å². The maximum absolute atomic E-state index is 8.17. The van der Waals surface area contributed by atoms with E-state index in [0.717, 1.165) is 40.3 Å². The first-order valence-electron chi connectivity index (χ1n) is 10.3. The van der Waals surface area contributed by atoms with Crippen LogP contribution in [0.25, 0.3) is 11.3 Å². The van der Waals surface area contributed by atoms with Crippen molar-refractivity contribution < 1.29 is 4.74 Å². The SMILES string of the molecule is C=C(CNc1cc(-c2cccnc2OCC)nc(C(C)=N)c1C)S/C(C)=C\CCC. The minimum Gasteiger partial charge on any atom is -0.477 e. The van der Waals surface area contributed by atoms with Gasteiger partial charge in [-0.2, -0.15) is 0 Å². The number of aromatic nitrogens is 2. The molecule has 0 amide bonds. The highest BCUT2D eigenvalue weighted by Crippen LogP contribution is 2.32. The van der Waals surface area contributed by atoms with E-state index in [2.05, 4.69) is 36.8 Å². The van der Waals surface area contributed by atoms with E-state index in [1.165, 1.54) is 4.91 Å². The Morgan fingerprint density at radius 2 is 2.10 bits per heavy atom. The van der Waals surface area contributed by atoms with Crippen molar-refractivity contribution in [3.8, 4) is 17.1 Å². The zero-order valence-corrected chi connectivity index (χ0v) is 19.4. The third-order valence-corrected chi connectivity index (χ3v) is 5.38. The summed E-state index contributed by atoms with van der Waals surface area (Å²) < 4.78 is 5.69. The van der Waals surface area contributed by atoms with Crippen LogP contribution in [0.15, 0.2) is 46.9 Å². The molecule has 0 saturated heterocycles. The van der Waals surface area contributed by atoms with Crippen molar-refractivity contribution >= 4 is 23.2 Å². The van der Waals surface area contributed by atoms with Crippen molar-refractivity contribution in [2.45, 2.75) is 47.5 Å². The molecule has 0 aliphatic heterocycles. The van der Waals surface area contributed by atoms with Crippen LogP contribution in [0.1, 0.15) is 51.8 Å². The summed E-state index contributed by atoms with van der Waals surface area (Å²) >= 11 is 1.70. The van der Waals surface area contributed by atoms with Crippen molar-refractivity contribution in [3.63, 3.8) is 0 Å². The molecule has 0 radical (unpaired) electrons. The summed E-state index contributed by atoms with van der Waals surface area (Å²) in [5.41, 5.74) is 4.52. The highest BCUT2D eigenvalue weighted by Gasteiger charge is 2.15. The minimum absolute atomic E-state index is 0.422. The third kappa shape index (κ3) is 6.46. The van der Waals surface area contributed by atoms with Gasteiger partial charge >= 0.3 is 0 Å². The Kier molecular flexibility index (Phi) is 9.12. The molecule has 0 saturated carbocycles. The van der Waals surface area contributed by atoms with Crippen LogP contribution in [0.3, 0.4) is 0 Å². The Labute approximate surface area is 184 Å². The van der Waals surface area contributed by atoms with Crippen LogP contribution < -0.4 is 10.1 Å². The number of pyridine rings is 2. The number of hydrogen-bond acceptors (Lipinski definition) is 6. The van der Waals surface area contributed by atoms with Gasteiger partial charge in [0.1, 0.15) is 0 Å². The average molecular weight is 425 g/mol. The summed E-state index contributed by atoms with van der Waals surface area (Å²) in [6.45, 7) is 15.3. The lowest BCUT2D eigenvalue weighted by molar-refractivity contribution is 0.328. The van der Waals surface area contributed by atoms with E-state index in [4.69, 9.17) is 15.1 Å². The molecular weight excluding hydrogens is 392 g/mol. The predicted octanol–water partition coefficient (Wildman–Crippen LogP) is 6.60. The van der Waals surface area contributed by atoms with E-state index in [1.807, 2.05) is 32.0 Å². The molecule has 0 unspecified atom stereocenters. The summed E-state index contributed by atoms with van der Waals surface area (Å²) in [5, 5.41) is 11.7. The van der Waals surface area contributed by atoms with Crippen LogP contribution in [-0.4, -0.2) is 28.8 Å². The molecule has 30 heavy (non-hydrogen) atoms. The average Bonchev–Trinajstić information content (AvgIpc) is 2.72. The molecule has 2 heterocycles. The lowest BCUT2D eigenvalue weighted by Crippen LogP contribution is -2.10. The molecule has 2 aromatic heterocycles. The van der Waals surface area contributed by atoms with Gasteiger partial charge in [0.25, 0.3) is 0 Å². The van der Waals surface area contributed by atoms with E-state index in [1.54, 1.807) is 24.9 Å². The predicted molar refractivity (Wildman–Crippen MR) is 130 cm³/mol. The molecule has 160 valence electrons. The molecule has 0 aliphatic carbocycles. The first-order valence-corrected chi connectivity index (χ1v) is 11.1. The van der Waals surface area contributed by atoms with Crippen LogP contribution in [0, 0.1) is 12.3 Å². The van der Waals surface area contributed by atoms with Gasteiger partial charge in [0.15, 0.2) is 0 Å². The number of allylic oxidation sites excluding steroid dienone is 2. The smallest absolute Gasteiger partial charge is 0.222 e. The fourth-order valence-electron chi connectivity index (χ4n) is 2.98. The lowest BCUT2D eigenvalue weighted by Gasteiger charge is -2.17. The molecule has 0 aromatic carbocycles. The van der Waals surface area contributed by atoms with Gasteiger partial charge in [-0.3, -0.25) is 0 Å². The van der Waals surface area contributed by atoms with E-state index in [0.29, 0.717) is 30.4 Å². The number of thioether (sulfide) groups is 1. The van der Waals surface area contributed by atoms with Crippen molar-refractivity contribution in [3.05, 3.63) is 58.1 Å². The summed E-state index contributed by atoms with van der Waals surface area (Å²) in [6.07, 6.45) is 6.19. The van der Waals surface area contributed by atoms with Gasteiger partial charge in [0.05, 0.1) is 29.3 Å². The first-order chi connectivity index (χ1) is 14.4. The third-order valence-electron chi connectivity index (χ3n) is 4.46. The fourth-order valence-corrected chi connectivity index (χ4v) is 3.78. The van der Waals surface area contributed by atoms with Gasteiger partial charge < -0.3 is 15.5 Å². The molecular formula is C24H32N4OS. The molecule has 2 rings (SSSR count). The van der Waals surface area contributed by atoms with Gasteiger partial charge in [0, 0.05) is 23.3 Å². The van der Waals surface area contributed by atoms with Gasteiger partial charge in [-0.15, -0.1) is 0 Å². The number of unbranched alkanes of at least 4 members (excludes halogenated alkanes) is 1. The molecule has 0 aliphatic rings. The first kappa shape index (κ1) is 23.7. The molecule has 2 N–H and O–H groups in total. The summed E-state index contributed by atoms with van der Waals surface area (Å²) in [4.78, 5) is 11.4. The Balaban J connectivity index is 2.32. The van der Waals surface area contributed by atoms with Crippen LogP contribution >= 0.6 is 11.8 Å². The maximum atomic E-state index is 8.17. The molecule has 0 bridgehead atoms. The quantitative estimate of drug-likeness (QED) is 0.398. The number of ether oxygens (including phenoxy) is 1. The van der Waals surface area contributed by atoms with Crippen molar-refractivity contribution in [2.24, 2.45) is 0 Å². The number of anilines is 1. The van der Waals surface area contributed by atoms with E-state index in [9.17, 15) is 0 Å². The molecule has 5 nitrogen and oxygen atoms in total. The number of nitrogens with zero attached hydrogens (tertiary/aromatic N) is 2. The Bertz CT molecular complexity index is 937. The second-order valence-corrected chi connectivity index (χ2v) is 8.47.